The van der Waals surface area contributed by atoms with Gasteiger partial charge in [-0.05, 0) is 29.7 Å². The molecule has 0 saturated carbocycles. The molecule has 0 amide bonds. The predicted molar refractivity (Wildman–Crippen MR) is 70.4 cm³/mol. The summed E-state index contributed by atoms with van der Waals surface area (Å²) < 4.78 is 0. The van der Waals surface area contributed by atoms with Crippen molar-refractivity contribution in [1.29, 1.82) is 0 Å². The summed E-state index contributed by atoms with van der Waals surface area (Å²) in [5.74, 6) is 0.536. The molecule has 0 aromatic heterocycles. The number of hydrogen-bond acceptors (Lipinski definition) is 1. The van der Waals surface area contributed by atoms with Gasteiger partial charge in [0.15, 0.2) is 0 Å². The zero-order chi connectivity index (χ0) is 11.4. The topological polar surface area (TPSA) is 3.24 Å². The molecule has 82 valence electrons. The molecule has 0 fully saturated rings. The van der Waals surface area contributed by atoms with Gasteiger partial charge < -0.3 is 4.90 Å². The van der Waals surface area contributed by atoms with E-state index < -0.39 is 0 Å². The molecule has 0 N–H and O–H groups in total. The van der Waals surface area contributed by atoms with Crippen molar-refractivity contribution >= 4 is 5.69 Å². The average Bonchev–Trinajstić information content (AvgIpc) is 2.57. The molecule has 0 spiro atoms. The Balaban J connectivity index is 2.39. The molecule has 2 rings (SSSR count). The van der Waals surface area contributed by atoms with Gasteiger partial charge in [0.1, 0.15) is 0 Å². The molecule has 0 aliphatic carbocycles. The number of rotatable bonds is 2. The largest absolute Gasteiger partial charge is 0.324 e. The van der Waals surface area contributed by atoms with Crippen LogP contribution in [0.15, 0.2) is 61.0 Å². The van der Waals surface area contributed by atoms with Crippen molar-refractivity contribution in [2.45, 2.75) is 19.8 Å². The van der Waals surface area contributed by atoms with Gasteiger partial charge in [-0.3, -0.25) is 0 Å². The van der Waals surface area contributed by atoms with Crippen LogP contribution in [0.25, 0.3) is 0 Å². The molecule has 0 radical (unpaired) electrons. The van der Waals surface area contributed by atoms with Crippen molar-refractivity contribution in [3.8, 4) is 0 Å². The van der Waals surface area contributed by atoms with Crippen molar-refractivity contribution in [1.82, 2.24) is 0 Å². The maximum Gasteiger partial charge on any atom is 0.0483 e. The first-order chi connectivity index (χ1) is 7.79. The van der Waals surface area contributed by atoms with Crippen LogP contribution in [-0.4, -0.2) is 0 Å². The molecular formula is C15H17N. The van der Waals surface area contributed by atoms with Crippen LogP contribution in [0.3, 0.4) is 0 Å². The third-order valence-electron chi connectivity index (χ3n) is 2.66. The summed E-state index contributed by atoms with van der Waals surface area (Å²) in [4.78, 5) is 2.16. The minimum Gasteiger partial charge on any atom is -0.324 e. The minimum absolute atomic E-state index is 0.536. The number of hydrogen-bond donors (Lipinski definition) is 0. The van der Waals surface area contributed by atoms with E-state index in [1.54, 1.807) is 0 Å². The summed E-state index contributed by atoms with van der Waals surface area (Å²) in [6.45, 7) is 4.45. The van der Waals surface area contributed by atoms with E-state index in [0.29, 0.717) is 5.92 Å². The minimum atomic E-state index is 0.536. The Morgan fingerprint density at radius 1 is 0.875 bits per heavy atom. The molecule has 1 nitrogen and oxygen atoms in total. The van der Waals surface area contributed by atoms with E-state index in [1.165, 1.54) is 11.3 Å². The molecule has 1 aromatic rings. The lowest BCUT2D eigenvalue weighted by Gasteiger charge is -2.20. The summed E-state index contributed by atoms with van der Waals surface area (Å²) in [6.07, 6.45) is 12.3. The van der Waals surface area contributed by atoms with Crippen LogP contribution >= 0.6 is 0 Å². The van der Waals surface area contributed by atoms with Crippen LogP contribution in [0.5, 0.6) is 0 Å². The van der Waals surface area contributed by atoms with Crippen LogP contribution in [0.2, 0.25) is 0 Å². The van der Waals surface area contributed by atoms with E-state index in [2.05, 4.69) is 67.6 Å². The Bertz CT molecular complexity index is 423. The normalized spacial score (nSPS) is 14.6. The molecule has 16 heavy (non-hydrogen) atoms. The fourth-order valence-corrected chi connectivity index (χ4v) is 1.83. The highest BCUT2D eigenvalue weighted by Gasteiger charge is 2.09. The van der Waals surface area contributed by atoms with E-state index in [9.17, 15) is 0 Å². The van der Waals surface area contributed by atoms with Crippen LogP contribution < -0.4 is 4.90 Å². The first-order valence-electron chi connectivity index (χ1n) is 5.68. The fourth-order valence-electron chi connectivity index (χ4n) is 1.83. The highest BCUT2D eigenvalue weighted by Crippen LogP contribution is 2.28. The SMILES string of the molecule is CC(C)c1ccccc1N1C=CC=CC=C1. The van der Waals surface area contributed by atoms with Crippen molar-refractivity contribution in [2.75, 3.05) is 4.90 Å². The molecule has 1 aromatic carbocycles. The highest BCUT2D eigenvalue weighted by molar-refractivity contribution is 5.60. The maximum absolute atomic E-state index is 2.22. The van der Waals surface area contributed by atoms with Crippen molar-refractivity contribution in [2.24, 2.45) is 0 Å². The second-order valence-corrected chi connectivity index (χ2v) is 4.19. The van der Waals surface area contributed by atoms with Crippen LogP contribution in [0.4, 0.5) is 5.69 Å². The Morgan fingerprint density at radius 2 is 1.50 bits per heavy atom. The van der Waals surface area contributed by atoms with Gasteiger partial charge in [-0.2, -0.15) is 0 Å². The molecule has 1 aliphatic heterocycles. The first-order valence-corrected chi connectivity index (χ1v) is 5.68. The Labute approximate surface area is 97.4 Å². The summed E-state index contributed by atoms with van der Waals surface area (Å²) in [5.41, 5.74) is 2.63. The molecule has 1 heteroatoms. The fraction of sp³-hybridized carbons (Fsp3) is 0.200. The van der Waals surface area contributed by atoms with Gasteiger partial charge in [0.25, 0.3) is 0 Å². The van der Waals surface area contributed by atoms with Crippen molar-refractivity contribution in [3.05, 3.63) is 66.5 Å². The molecule has 0 atom stereocenters. The second-order valence-electron chi connectivity index (χ2n) is 4.19. The van der Waals surface area contributed by atoms with Gasteiger partial charge in [-0.1, -0.05) is 44.2 Å². The maximum atomic E-state index is 2.22. The number of allylic oxidation sites excluding steroid dienone is 4. The Hall–Kier alpha value is -1.76. The van der Waals surface area contributed by atoms with Gasteiger partial charge in [-0.25, -0.2) is 0 Å². The number of benzene rings is 1. The van der Waals surface area contributed by atoms with E-state index in [-0.39, 0.29) is 0 Å². The lowest BCUT2D eigenvalue weighted by atomic mass is 10.0. The summed E-state index contributed by atoms with van der Waals surface area (Å²) in [5, 5.41) is 0. The van der Waals surface area contributed by atoms with Crippen molar-refractivity contribution in [3.63, 3.8) is 0 Å². The molecule has 1 aliphatic rings. The number of nitrogens with zero attached hydrogens (tertiary/aromatic N) is 1. The summed E-state index contributed by atoms with van der Waals surface area (Å²) >= 11 is 0. The standard InChI is InChI=1S/C15H17N/c1-13(2)14-9-5-6-10-15(14)16-11-7-3-4-8-12-16/h3-13H,1-2H3. The molecule has 0 bridgehead atoms. The van der Waals surface area contributed by atoms with Crippen LogP contribution in [0.1, 0.15) is 25.3 Å². The Kier molecular flexibility index (Phi) is 3.25. The van der Waals surface area contributed by atoms with Crippen LogP contribution in [0, 0.1) is 0 Å². The quantitative estimate of drug-likeness (QED) is 0.708. The summed E-state index contributed by atoms with van der Waals surface area (Å²) in [7, 11) is 0. The van der Waals surface area contributed by atoms with Crippen LogP contribution in [-0.2, 0) is 0 Å². The third kappa shape index (κ3) is 2.25. The number of para-hydroxylation sites is 1. The van der Waals surface area contributed by atoms with Gasteiger partial charge in [0.05, 0.1) is 0 Å². The lowest BCUT2D eigenvalue weighted by Crippen LogP contribution is -2.09. The number of anilines is 1. The zero-order valence-electron chi connectivity index (χ0n) is 9.80. The summed E-state index contributed by atoms with van der Waals surface area (Å²) in [6, 6.07) is 8.54. The Morgan fingerprint density at radius 3 is 2.12 bits per heavy atom. The molecule has 0 saturated heterocycles. The van der Waals surface area contributed by atoms with Gasteiger partial charge in [0.2, 0.25) is 0 Å². The lowest BCUT2D eigenvalue weighted by molar-refractivity contribution is 0.864. The first kappa shape index (κ1) is 10.7. The van der Waals surface area contributed by atoms with E-state index in [0.717, 1.165) is 0 Å². The molecule has 1 heterocycles. The second kappa shape index (κ2) is 4.84. The van der Waals surface area contributed by atoms with E-state index in [1.807, 2.05) is 12.2 Å². The zero-order valence-corrected chi connectivity index (χ0v) is 9.80. The van der Waals surface area contributed by atoms with Crippen molar-refractivity contribution < 1.29 is 0 Å². The monoisotopic (exact) mass is 211 g/mol. The van der Waals surface area contributed by atoms with E-state index >= 15 is 0 Å². The van der Waals surface area contributed by atoms with Gasteiger partial charge >= 0.3 is 0 Å². The molecular weight excluding hydrogens is 194 g/mol. The van der Waals surface area contributed by atoms with Gasteiger partial charge in [-0.15, -0.1) is 0 Å². The third-order valence-corrected chi connectivity index (χ3v) is 2.66. The molecule has 0 unspecified atom stereocenters. The smallest absolute Gasteiger partial charge is 0.0483 e. The predicted octanol–water partition coefficient (Wildman–Crippen LogP) is 4.21. The van der Waals surface area contributed by atoms with Gasteiger partial charge in [0, 0.05) is 18.1 Å². The highest BCUT2D eigenvalue weighted by atomic mass is 15.1. The van der Waals surface area contributed by atoms with E-state index in [4.69, 9.17) is 0 Å². The average molecular weight is 211 g/mol.